The first-order chi connectivity index (χ1) is 8.72. The first kappa shape index (κ1) is 13.1. The number of carbonyl (C=O) groups is 1. The number of hydrogen-bond donors (Lipinski definition) is 1. The van der Waals surface area contributed by atoms with Crippen LogP contribution in [0.4, 0.5) is 0 Å². The van der Waals surface area contributed by atoms with Crippen molar-refractivity contribution in [3.05, 3.63) is 35.9 Å². The largest absolute Gasteiger partial charge is 0.469 e. The molecular formula is C15H21NO2. The fourth-order valence-corrected chi connectivity index (χ4v) is 2.75. The van der Waals surface area contributed by atoms with Crippen LogP contribution in [0.25, 0.3) is 0 Å². The quantitative estimate of drug-likeness (QED) is 0.831. The zero-order valence-corrected chi connectivity index (χ0v) is 11.1. The number of methoxy groups -OCH3 is 1. The molecule has 0 radical (unpaired) electrons. The Labute approximate surface area is 109 Å². The Hall–Kier alpha value is -1.35. The average Bonchev–Trinajstić information content (AvgIpc) is 2.87. The van der Waals surface area contributed by atoms with Gasteiger partial charge >= 0.3 is 5.97 Å². The highest BCUT2D eigenvalue weighted by molar-refractivity contribution is 5.73. The predicted molar refractivity (Wildman–Crippen MR) is 71.1 cm³/mol. The normalized spacial score (nSPS) is 24.8. The van der Waals surface area contributed by atoms with Crippen LogP contribution in [0.15, 0.2) is 30.3 Å². The highest BCUT2D eigenvalue weighted by atomic mass is 16.5. The maximum Gasteiger partial charge on any atom is 0.310 e. The molecule has 0 amide bonds. The first-order valence-corrected chi connectivity index (χ1v) is 6.61. The molecule has 0 aliphatic heterocycles. The maximum atomic E-state index is 11.7. The SMILES string of the molecule is COC(=O)C1CCCC1NC(C)c1ccccc1. The van der Waals surface area contributed by atoms with Gasteiger partial charge in [0.05, 0.1) is 13.0 Å². The summed E-state index contributed by atoms with van der Waals surface area (Å²) in [6.07, 6.45) is 3.09. The van der Waals surface area contributed by atoms with Crippen molar-refractivity contribution < 1.29 is 9.53 Å². The Morgan fingerprint density at radius 3 is 2.72 bits per heavy atom. The second kappa shape index (κ2) is 6.01. The molecule has 1 aliphatic rings. The van der Waals surface area contributed by atoms with E-state index >= 15 is 0 Å². The van der Waals surface area contributed by atoms with E-state index in [0.717, 1.165) is 19.3 Å². The van der Waals surface area contributed by atoms with Crippen LogP contribution in [0.1, 0.15) is 37.8 Å². The molecule has 1 aromatic carbocycles. The van der Waals surface area contributed by atoms with Gasteiger partial charge in [-0.2, -0.15) is 0 Å². The third kappa shape index (κ3) is 2.91. The molecule has 3 atom stereocenters. The van der Waals surface area contributed by atoms with Crippen LogP contribution in [0.5, 0.6) is 0 Å². The van der Waals surface area contributed by atoms with E-state index in [2.05, 4.69) is 24.4 Å². The van der Waals surface area contributed by atoms with E-state index < -0.39 is 0 Å². The molecule has 18 heavy (non-hydrogen) atoms. The van der Waals surface area contributed by atoms with Crippen molar-refractivity contribution in [3.8, 4) is 0 Å². The van der Waals surface area contributed by atoms with Crippen molar-refractivity contribution >= 4 is 5.97 Å². The van der Waals surface area contributed by atoms with Crippen molar-refractivity contribution in [2.45, 2.75) is 38.3 Å². The monoisotopic (exact) mass is 247 g/mol. The molecular weight excluding hydrogens is 226 g/mol. The lowest BCUT2D eigenvalue weighted by molar-refractivity contribution is -0.145. The standard InChI is InChI=1S/C15H21NO2/c1-11(12-7-4-3-5-8-12)16-14-10-6-9-13(14)15(17)18-2/h3-5,7-8,11,13-14,16H,6,9-10H2,1-2H3. The van der Waals surface area contributed by atoms with Gasteiger partial charge in [0.15, 0.2) is 0 Å². The molecule has 1 fully saturated rings. The van der Waals surface area contributed by atoms with Gasteiger partial charge in [-0.05, 0) is 25.3 Å². The van der Waals surface area contributed by atoms with Gasteiger partial charge < -0.3 is 10.1 Å². The number of nitrogens with one attached hydrogen (secondary N) is 1. The van der Waals surface area contributed by atoms with E-state index in [-0.39, 0.29) is 24.0 Å². The zero-order valence-electron chi connectivity index (χ0n) is 11.1. The van der Waals surface area contributed by atoms with Crippen LogP contribution in [0, 0.1) is 5.92 Å². The molecule has 3 nitrogen and oxygen atoms in total. The number of ether oxygens (including phenoxy) is 1. The predicted octanol–water partition coefficient (Wildman–Crippen LogP) is 2.68. The van der Waals surface area contributed by atoms with Gasteiger partial charge in [-0.25, -0.2) is 0 Å². The van der Waals surface area contributed by atoms with Gasteiger partial charge in [0.25, 0.3) is 0 Å². The van der Waals surface area contributed by atoms with Crippen LogP contribution in [0.2, 0.25) is 0 Å². The topological polar surface area (TPSA) is 38.3 Å². The van der Waals surface area contributed by atoms with Gasteiger partial charge in [0.2, 0.25) is 0 Å². The summed E-state index contributed by atoms with van der Waals surface area (Å²) >= 11 is 0. The third-order valence-corrected chi connectivity index (χ3v) is 3.78. The molecule has 0 spiro atoms. The van der Waals surface area contributed by atoms with Crippen molar-refractivity contribution in [1.82, 2.24) is 5.32 Å². The van der Waals surface area contributed by atoms with Gasteiger partial charge in [-0.3, -0.25) is 4.79 Å². The van der Waals surface area contributed by atoms with E-state index in [0.29, 0.717) is 0 Å². The number of esters is 1. The number of rotatable bonds is 4. The second-order valence-corrected chi connectivity index (χ2v) is 4.97. The van der Waals surface area contributed by atoms with Gasteiger partial charge in [-0.1, -0.05) is 36.8 Å². The van der Waals surface area contributed by atoms with Gasteiger partial charge in [-0.15, -0.1) is 0 Å². The van der Waals surface area contributed by atoms with E-state index in [9.17, 15) is 4.79 Å². The van der Waals surface area contributed by atoms with E-state index in [1.165, 1.54) is 12.7 Å². The number of hydrogen-bond acceptors (Lipinski definition) is 3. The second-order valence-electron chi connectivity index (χ2n) is 4.97. The molecule has 1 aliphatic carbocycles. The molecule has 3 unspecified atom stereocenters. The Balaban J connectivity index is 1.98. The summed E-state index contributed by atoms with van der Waals surface area (Å²) in [4.78, 5) is 11.7. The summed E-state index contributed by atoms with van der Waals surface area (Å²) in [5, 5.41) is 3.56. The van der Waals surface area contributed by atoms with Crippen LogP contribution in [-0.2, 0) is 9.53 Å². The molecule has 0 heterocycles. The maximum absolute atomic E-state index is 11.7. The third-order valence-electron chi connectivity index (χ3n) is 3.78. The van der Waals surface area contributed by atoms with Gasteiger partial charge in [0, 0.05) is 12.1 Å². The molecule has 3 heteroatoms. The summed E-state index contributed by atoms with van der Waals surface area (Å²) in [5.74, 6) is -0.0635. The molecule has 1 N–H and O–H groups in total. The lowest BCUT2D eigenvalue weighted by atomic mass is 10.0. The van der Waals surface area contributed by atoms with Gasteiger partial charge in [0.1, 0.15) is 0 Å². The average molecular weight is 247 g/mol. The summed E-state index contributed by atoms with van der Waals surface area (Å²) in [6.45, 7) is 2.14. The minimum Gasteiger partial charge on any atom is -0.469 e. The van der Waals surface area contributed by atoms with Crippen LogP contribution in [-0.4, -0.2) is 19.1 Å². The number of benzene rings is 1. The minimum absolute atomic E-state index is 0.0150. The summed E-state index contributed by atoms with van der Waals surface area (Å²) in [5.41, 5.74) is 1.26. The highest BCUT2D eigenvalue weighted by Gasteiger charge is 2.34. The zero-order chi connectivity index (χ0) is 13.0. The number of carbonyl (C=O) groups excluding carboxylic acids is 1. The summed E-state index contributed by atoms with van der Waals surface area (Å²) in [7, 11) is 1.47. The fraction of sp³-hybridized carbons (Fsp3) is 0.533. The molecule has 0 saturated heterocycles. The molecule has 0 bridgehead atoms. The molecule has 98 valence electrons. The van der Waals surface area contributed by atoms with Crippen molar-refractivity contribution in [3.63, 3.8) is 0 Å². The smallest absolute Gasteiger partial charge is 0.310 e. The molecule has 1 aromatic rings. The van der Waals surface area contributed by atoms with E-state index in [4.69, 9.17) is 4.74 Å². The van der Waals surface area contributed by atoms with E-state index in [1.54, 1.807) is 0 Å². The fourth-order valence-electron chi connectivity index (χ4n) is 2.75. The minimum atomic E-state index is -0.0785. The lowest BCUT2D eigenvalue weighted by Crippen LogP contribution is -2.38. The lowest BCUT2D eigenvalue weighted by Gasteiger charge is -2.23. The molecule has 2 rings (SSSR count). The Morgan fingerprint density at radius 2 is 2.06 bits per heavy atom. The highest BCUT2D eigenvalue weighted by Crippen LogP contribution is 2.28. The van der Waals surface area contributed by atoms with Crippen LogP contribution < -0.4 is 5.32 Å². The van der Waals surface area contributed by atoms with Crippen molar-refractivity contribution in [1.29, 1.82) is 0 Å². The van der Waals surface area contributed by atoms with Crippen molar-refractivity contribution in [2.75, 3.05) is 7.11 Å². The molecule has 0 aromatic heterocycles. The van der Waals surface area contributed by atoms with Crippen LogP contribution in [0.3, 0.4) is 0 Å². The Kier molecular flexibility index (Phi) is 4.37. The Bertz CT molecular complexity index is 391. The van der Waals surface area contributed by atoms with Crippen LogP contribution >= 0.6 is 0 Å². The summed E-state index contributed by atoms with van der Waals surface area (Å²) < 4.78 is 4.87. The molecule has 1 saturated carbocycles. The first-order valence-electron chi connectivity index (χ1n) is 6.61. The Morgan fingerprint density at radius 1 is 1.33 bits per heavy atom. The van der Waals surface area contributed by atoms with Crippen molar-refractivity contribution in [2.24, 2.45) is 5.92 Å². The summed E-state index contributed by atoms with van der Waals surface area (Å²) in [6, 6.07) is 10.8. The van der Waals surface area contributed by atoms with E-state index in [1.807, 2.05) is 18.2 Å².